The first-order valence-electron chi connectivity index (χ1n) is 9.45. The molecule has 132 valence electrons. The molecule has 2 fully saturated rings. The summed E-state index contributed by atoms with van der Waals surface area (Å²) >= 11 is 0. The van der Waals surface area contributed by atoms with E-state index in [0.717, 1.165) is 19.4 Å². The predicted octanol–water partition coefficient (Wildman–Crippen LogP) is 2.36. The molecule has 0 aromatic heterocycles. The van der Waals surface area contributed by atoms with Crippen LogP contribution in [0, 0.1) is 5.92 Å². The van der Waals surface area contributed by atoms with E-state index in [9.17, 15) is 9.90 Å². The van der Waals surface area contributed by atoms with Gasteiger partial charge in [-0.1, -0.05) is 43.2 Å². The summed E-state index contributed by atoms with van der Waals surface area (Å²) in [6.45, 7) is 1.83. The molecular formula is C20H30N2O2. The molecule has 1 aliphatic heterocycles. The van der Waals surface area contributed by atoms with Crippen LogP contribution < -0.4 is 5.32 Å². The van der Waals surface area contributed by atoms with E-state index >= 15 is 0 Å². The number of aliphatic hydroxyl groups excluding tert-OH is 1. The fourth-order valence-electron chi connectivity index (χ4n) is 4.14. The van der Waals surface area contributed by atoms with E-state index in [1.807, 2.05) is 0 Å². The zero-order valence-electron chi connectivity index (χ0n) is 14.5. The van der Waals surface area contributed by atoms with Gasteiger partial charge in [0.15, 0.2) is 0 Å². The maximum atomic E-state index is 11.7. The smallest absolute Gasteiger partial charge is 0.222 e. The molecule has 2 unspecified atom stereocenters. The molecule has 1 aromatic rings. The fraction of sp³-hybridized carbons (Fsp3) is 0.650. The van der Waals surface area contributed by atoms with E-state index < -0.39 is 6.10 Å². The van der Waals surface area contributed by atoms with Gasteiger partial charge in [-0.15, -0.1) is 0 Å². The van der Waals surface area contributed by atoms with Crippen LogP contribution in [0.25, 0.3) is 0 Å². The van der Waals surface area contributed by atoms with Crippen LogP contribution in [0.4, 0.5) is 0 Å². The van der Waals surface area contributed by atoms with Crippen LogP contribution in [-0.4, -0.2) is 47.7 Å². The van der Waals surface area contributed by atoms with E-state index in [2.05, 4.69) is 35.6 Å². The number of carbonyl (C=O) groups is 1. The third-order valence-electron chi connectivity index (χ3n) is 5.49. The van der Waals surface area contributed by atoms with Crippen LogP contribution in [0.2, 0.25) is 0 Å². The van der Waals surface area contributed by atoms with Crippen LogP contribution in [0.1, 0.15) is 44.1 Å². The molecule has 2 aliphatic rings. The fourth-order valence-corrected chi connectivity index (χ4v) is 4.14. The van der Waals surface area contributed by atoms with E-state index in [1.54, 1.807) is 4.90 Å². The lowest BCUT2D eigenvalue weighted by molar-refractivity contribution is -0.128. The van der Waals surface area contributed by atoms with Crippen LogP contribution in [0.15, 0.2) is 30.3 Å². The van der Waals surface area contributed by atoms with E-state index in [0.29, 0.717) is 31.5 Å². The van der Waals surface area contributed by atoms with Crippen molar-refractivity contribution in [3.8, 4) is 0 Å². The average molecular weight is 330 g/mol. The molecule has 4 heteroatoms. The minimum atomic E-state index is -0.480. The van der Waals surface area contributed by atoms with Gasteiger partial charge < -0.3 is 15.3 Å². The van der Waals surface area contributed by atoms with Gasteiger partial charge in [0.1, 0.15) is 0 Å². The SMILES string of the molecule is O=C1CCCN1CC(O)CNC(Cc1ccccc1)C1CCCC1. The van der Waals surface area contributed by atoms with E-state index in [1.165, 1.54) is 31.2 Å². The normalized spacial score (nSPS) is 21.4. The van der Waals surface area contributed by atoms with Crippen molar-refractivity contribution < 1.29 is 9.90 Å². The van der Waals surface area contributed by atoms with Crippen molar-refractivity contribution >= 4 is 5.91 Å². The molecule has 4 nitrogen and oxygen atoms in total. The van der Waals surface area contributed by atoms with Crippen molar-refractivity contribution in [1.82, 2.24) is 10.2 Å². The predicted molar refractivity (Wildman–Crippen MR) is 95.7 cm³/mol. The summed E-state index contributed by atoms with van der Waals surface area (Å²) in [5.74, 6) is 0.886. The summed E-state index contributed by atoms with van der Waals surface area (Å²) < 4.78 is 0. The van der Waals surface area contributed by atoms with Gasteiger partial charge in [-0.2, -0.15) is 0 Å². The van der Waals surface area contributed by atoms with Crippen molar-refractivity contribution in [2.75, 3.05) is 19.6 Å². The minimum absolute atomic E-state index is 0.186. The third kappa shape index (κ3) is 4.81. The summed E-state index contributed by atoms with van der Waals surface area (Å²) in [6, 6.07) is 11.0. The minimum Gasteiger partial charge on any atom is -0.390 e. The summed E-state index contributed by atoms with van der Waals surface area (Å²) in [5, 5.41) is 13.9. The molecule has 1 heterocycles. The van der Waals surface area contributed by atoms with Crippen molar-refractivity contribution in [3.63, 3.8) is 0 Å². The van der Waals surface area contributed by atoms with Crippen molar-refractivity contribution in [2.24, 2.45) is 5.92 Å². The Bertz CT molecular complexity index is 514. The Morgan fingerprint density at radius 2 is 1.92 bits per heavy atom. The second-order valence-corrected chi connectivity index (χ2v) is 7.35. The molecule has 1 saturated heterocycles. The molecule has 2 N–H and O–H groups in total. The quantitative estimate of drug-likeness (QED) is 0.769. The third-order valence-corrected chi connectivity index (χ3v) is 5.49. The van der Waals surface area contributed by atoms with Crippen LogP contribution in [-0.2, 0) is 11.2 Å². The highest BCUT2D eigenvalue weighted by Gasteiger charge is 2.27. The number of rotatable bonds is 8. The number of aliphatic hydroxyl groups is 1. The zero-order valence-corrected chi connectivity index (χ0v) is 14.5. The van der Waals surface area contributed by atoms with Gasteiger partial charge in [0.2, 0.25) is 5.91 Å². The van der Waals surface area contributed by atoms with Gasteiger partial charge in [0.25, 0.3) is 0 Å². The number of nitrogens with zero attached hydrogens (tertiary/aromatic N) is 1. The number of benzene rings is 1. The maximum Gasteiger partial charge on any atom is 0.222 e. The number of carbonyl (C=O) groups excluding carboxylic acids is 1. The van der Waals surface area contributed by atoms with Gasteiger partial charge in [-0.25, -0.2) is 0 Å². The Morgan fingerprint density at radius 1 is 1.17 bits per heavy atom. The zero-order chi connectivity index (χ0) is 16.8. The first kappa shape index (κ1) is 17.4. The Morgan fingerprint density at radius 3 is 2.58 bits per heavy atom. The summed E-state index contributed by atoms with van der Waals surface area (Å²) in [4.78, 5) is 13.5. The van der Waals surface area contributed by atoms with Gasteiger partial charge in [-0.05, 0) is 37.2 Å². The number of hydrogen-bond donors (Lipinski definition) is 2. The molecule has 0 radical (unpaired) electrons. The molecular weight excluding hydrogens is 300 g/mol. The topological polar surface area (TPSA) is 52.6 Å². The van der Waals surface area contributed by atoms with Crippen LogP contribution in [0.5, 0.6) is 0 Å². The lowest BCUT2D eigenvalue weighted by Gasteiger charge is -2.27. The molecule has 1 aliphatic carbocycles. The lowest BCUT2D eigenvalue weighted by Crippen LogP contribution is -2.45. The maximum absolute atomic E-state index is 11.7. The summed E-state index contributed by atoms with van der Waals surface area (Å²) in [7, 11) is 0. The van der Waals surface area contributed by atoms with E-state index in [-0.39, 0.29) is 5.91 Å². The molecule has 3 rings (SSSR count). The molecule has 1 saturated carbocycles. The summed E-state index contributed by atoms with van der Waals surface area (Å²) in [6.07, 6.45) is 7.31. The van der Waals surface area contributed by atoms with Gasteiger partial charge in [0.05, 0.1) is 6.10 Å². The van der Waals surface area contributed by atoms with Crippen molar-refractivity contribution in [3.05, 3.63) is 35.9 Å². The largest absolute Gasteiger partial charge is 0.390 e. The standard InChI is InChI=1S/C20H30N2O2/c23-18(15-22-12-6-11-20(22)24)14-21-19(17-9-4-5-10-17)13-16-7-2-1-3-8-16/h1-3,7-8,17-19,21,23H,4-6,9-15H2. The average Bonchev–Trinajstić information content (AvgIpc) is 3.25. The number of nitrogens with one attached hydrogen (secondary N) is 1. The molecule has 0 spiro atoms. The molecule has 24 heavy (non-hydrogen) atoms. The Labute approximate surface area is 145 Å². The molecule has 1 amide bonds. The Hall–Kier alpha value is -1.39. The number of β-amino-alcohol motifs (C(OH)–C–C–N with tert-alkyl or cyclic N) is 1. The highest BCUT2D eigenvalue weighted by atomic mass is 16.3. The lowest BCUT2D eigenvalue weighted by atomic mass is 9.92. The van der Waals surface area contributed by atoms with E-state index in [4.69, 9.17) is 0 Å². The number of amides is 1. The van der Waals surface area contributed by atoms with Gasteiger partial charge >= 0.3 is 0 Å². The molecule has 0 bridgehead atoms. The number of likely N-dealkylation sites (tertiary alicyclic amines) is 1. The van der Waals surface area contributed by atoms with Crippen LogP contribution >= 0.6 is 0 Å². The second kappa shape index (κ2) is 8.63. The number of hydrogen-bond acceptors (Lipinski definition) is 3. The Balaban J connectivity index is 1.52. The first-order valence-corrected chi connectivity index (χ1v) is 9.45. The highest BCUT2D eigenvalue weighted by Crippen LogP contribution is 2.29. The molecule has 1 aromatic carbocycles. The van der Waals surface area contributed by atoms with Crippen molar-refractivity contribution in [1.29, 1.82) is 0 Å². The monoisotopic (exact) mass is 330 g/mol. The van der Waals surface area contributed by atoms with Gasteiger partial charge in [-0.3, -0.25) is 4.79 Å². The Kier molecular flexibility index (Phi) is 6.27. The molecule has 2 atom stereocenters. The summed E-state index contributed by atoms with van der Waals surface area (Å²) in [5.41, 5.74) is 1.35. The second-order valence-electron chi connectivity index (χ2n) is 7.35. The highest BCUT2D eigenvalue weighted by molar-refractivity contribution is 5.78. The first-order chi connectivity index (χ1) is 11.7. The van der Waals surface area contributed by atoms with Gasteiger partial charge in [0, 0.05) is 32.1 Å². The van der Waals surface area contributed by atoms with Crippen molar-refractivity contribution in [2.45, 2.75) is 57.1 Å². The van der Waals surface area contributed by atoms with Crippen LogP contribution in [0.3, 0.4) is 0 Å².